The maximum absolute atomic E-state index is 12.9. The molecule has 1 aromatic heterocycles. The molecule has 1 aliphatic carbocycles. The van der Waals surface area contributed by atoms with Gasteiger partial charge in [0.15, 0.2) is 0 Å². The molecule has 0 radical (unpaired) electrons. The first-order valence-electron chi connectivity index (χ1n) is 9.34. The van der Waals surface area contributed by atoms with Crippen LogP contribution in [0.25, 0.3) is 17.4 Å². The molecule has 1 saturated carbocycles. The number of rotatable bonds is 4. The Morgan fingerprint density at radius 3 is 2.72 bits per heavy atom. The number of benzene rings is 1. The number of carbonyl (C=O) groups excluding carboxylic acids is 1. The van der Waals surface area contributed by atoms with E-state index in [0.717, 1.165) is 25.7 Å². The number of carboxylic acids is 1. The molecule has 0 spiro atoms. The van der Waals surface area contributed by atoms with Crippen molar-refractivity contribution in [2.45, 2.75) is 38.1 Å². The number of hydrogen-bond acceptors (Lipinski definition) is 5. The van der Waals surface area contributed by atoms with Gasteiger partial charge in [-0.2, -0.15) is 0 Å². The molecular weight excluding hydrogens is 430 g/mol. The molecule has 1 aliphatic heterocycles. The average molecular weight is 448 g/mol. The summed E-state index contributed by atoms with van der Waals surface area (Å²) in [6, 6.07) is 8.37. The highest BCUT2D eigenvalue weighted by atomic mass is 35.5. The zero-order valence-corrected chi connectivity index (χ0v) is 17.8. The number of hydrogen-bond donors (Lipinski definition) is 1. The number of furan rings is 1. The minimum Gasteiger partial charge on any atom is -0.478 e. The molecule has 1 N–H and O–H groups in total. The van der Waals surface area contributed by atoms with Gasteiger partial charge in [-0.3, -0.25) is 9.69 Å². The molecule has 5 nitrogen and oxygen atoms in total. The van der Waals surface area contributed by atoms with E-state index < -0.39 is 5.97 Å². The van der Waals surface area contributed by atoms with Gasteiger partial charge in [0.25, 0.3) is 5.91 Å². The van der Waals surface area contributed by atoms with Crippen LogP contribution in [-0.2, 0) is 4.79 Å². The number of aromatic carboxylic acids is 1. The first kappa shape index (κ1) is 20.2. The van der Waals surface area contributed by atoms with Crippen LogP contribution in [0.1, 0.15) is 48.2 Å². The summed E-state index contributed by atoms with van der Waals surface area (Å²) in [6.07, 6.45) is 7.15. The van der Waals surface area contributed by atoms with Crippen LogP contribution in [-0.4, -0.2) is 32.2 Å². The fourth-order valence-electron chi connectivity index (χ4n) is 3.69. The van der Waals surface area contributed by atoms with Crippen molar-refractivity contribution in [1.82, 2.24) is 4.90 Å². The Bertz CT molecular complexity index is 1020. The Kier molecular flexibility index (Phi) is 5.81. The van der Waals surface area contributed by atoms with Crippen LogP contribution in [0.3, 0.4) is 0 Å². The molecule has 29 heavy (non-hydrogen) atoms. The molecular formula is C21H18ClNO4S2. The number of nitrogens with zero attached hydrogens (tertiary/aromatic N) is 1. The minimum atomic E-state index is -1.10. The van der Waals surface area contributed by atoms with Crippen molar-refractivity contribution >= 4 is 57.9 Å². The van der Waals surface area contributed by atoms with Crippen LogP contribution in [0.5, 0.6) is 0 Å². The molecule has 0 unspecified atom stereocenters. The third-order valence-electron chi connectivity index (χ3n) is 5.14. The van der Waals surface area contributed by atoms with Gasteiger partial charge >= 0.3 is 5.97 Å². The number of thiocarbonyl (C=S) groups is 1. The third kappa shape index (κ3) is 4.13. The van der Waals surface area contributed by atoms with E-state index in [1.165, 1.54) is 30.3 Å². The molecule has 2 heterocycles. The Hall–Kier alpha value is -2.09. The first-order valence-corrected chi connectivity index (χ1v) is 10.9. The van der Waals surface area contributed by atoms with Crippen molar-refractivity contribution in [2.75, 3.05) is 0 Å². The smallest absolute Gasteiger partial charge is 0.337 e. The van der Waals surface area contributed by atoms with Crippen molar-refractivity contribution < 1.29 is 19.1 Å². The molecule has 4 rings (SSSR count). The van der Waals surface area contributed by atoms with Gasteiger partial charge in [-0.05, 0) is 43.2 Å². The van der Waals surface area contributed by atoms with E-state index in [9.17, 15) is 14.7 Å². The second kappa shape index (κ2) is 8.34. The fourth-order valence-corrected chi connectivity index (χ4v) is 5.27. The summed E-state index contributed by atoms with van der Waals surface area (Å²) in [6.45, 7) is 0. The van der Waals surface area contributed by atoms with Gasteiger partial charge in [-0.25, -0.2) is 4.79 Å². The zero-order valence-electron chi connectivity index (χ0n) is 15.4. The van der Waals surface area contributed by atoms with E-state index in [2.05, 4.69) is 0 Å². The van der Waals surface area contributed by atoms with Gasteiger partial charge in [0.1, 0.15) is 15.8 Å². The van der Waals surface area contributed by atoms with E-state index in [0.29, 0.717) is 26.3 Å². The Balaban J connectivity index is 1.57. The molecule has 2 aliphatic rings. The second-order valence-corrected chi connectivity index (χ2v) is 9.13. The predicted molar refractivity (Wildman–Crippen MR) is 118 cm³/mol. The molecule has 1 saturated heterocycles. The molecule has 8 heteroatoms. The highest BCUT2D eigenvalue weighted by Gasteiger charge is 2.37. The Morgan fingerprint density at radius 1 is 1.24 bits per heavy atom. The van der Waals surface area contributed by atoms with Crippen molar-refractivity contribution in [3.63, 3.8) is 0 Å². The maximum Gasteiger partial charge on any atom is 0.337 e. The minimum absolute atomic E-state index is 0.00969. The number of carbonyl (C=O) groups is 2. The van der Waals surface area contributed by atoms with Gasteiger partial charge in [0, 0.05) is 17.7 Å². The number of amides is 1. The summed E-state index contributed by atoms with van der Waals surface area (Å²) in [5.74, 6) is -0.159. The lowest BCUT2D eigenvalue weighted by atomic mass is 9.94. The first-order chi connectivity index (χ1) is 13.9. The van der Waals surface area contributed by atoms with Crippen LogP contribution in [0, 0.1) is 0 Å². The van der Waals surface area contributed by atoms with Gasteiger partial charge in [0.2, 0.25) is 0 Å². The monoisotopic (exact) mass is 447 g/mol. The SMILES string of the molecule is O=C(O)c1cc(-c2ccc(C=C3SC(=S)N(C4CCCCC4)C3=O)o2)ccc1Cl. The molecule has 1 amide bonds. The molecule has 0 atom stereocenters. The largest absolute Gasteiger partial charge is 0.478 e. The fraction of sp³-hybridized carbons (Fsp3) is 0.286. The standard InChI is InChI=1S/C21H18ClNO4S2/c22-16-8-6-12(10-15(16)20(25)26)17-9-7-14(27-17)11-18-19(24)23(21(28)29-18)13-4-2-1-3-5-13/h6-11,13H,1-5H2,(H,25,26). The summed E-state index contributed by atoms with van der Waals surface area (Å²) >= 11 is 12.7. The van der Waals surface area contributed by atoms with E-state index >= 15 is 0 Å². The maximum atomic E-state index is 12.9. The summed E-state index contributed by atoms with van der Waals surface area (Å²) in [5, 5.41) is 9.40. The highest BCUT2D eigenvalue weighted by molar-refractivity contribution is 8.26. The molecule has 0 bridgehead atoms. The normalized spacial score (nSPS) is 19.3. The van der Waals surface area contributed by atoms with Crippen molar-refractivity contribution in [3.8, 4) is 11.3 Å². The van der Waals surface area contributed by atoms with Crippen LogP contribution in [0.15, 0.2) is 39.7 Å². The summed E-state index contributed by atoms with van der Waals surface area (Å²) < 4.78 is 6.43. The van der Waals surface area contributed by atoms with Crippen molar-refractivity contribution in [1.29, 1.82) is 0 Å². The summed E-state index contributed by atoms with van der Waals surface area (Å²) in [7, 11) is 0. The second-order valence-electron chi connectivity index (χ2n) is 7.05. The van der Waals surface area contributed by atoms with Gasteiger partial charge < -0.3 is 9.52 Å². The predicted octanol–water partition coefficient (Wildman–Crippen LogP) is 5.83. The third-order valence-corrected chi connectivity index (χ3v) is 6.80. The Labute approximate surface area is 182 Å². The molecule has 150 valence electrons. The van der Waals surface area contributed by atoms with E-state index in [4.69, 9.17) is 28.2 Å². The van der Waals surface area contributed by atoms with Crippen molar-refractivity contribution in [3.05, 3.63) is 51.6 Å². The molecule has 1 aromatic carbocycles. The lowest BCUT2D eigenvalue weighted by molar-refractivity contribution is -0.124. The van der Waals surface area contributed by atoms with Crippen LogP contribution < -0.4 is 0 Å². The van der Waals surface area contributed by atoms with Crippen LogP contribution in [0.2, 0.25) is 5.02 Å². The van der Waals surface area contributed by atoms with E-state index in [-0.39, 0.29) is 22.5 Å². The van der Waals surface area contributed by atoms with Gasteiger partial charge in [-0.1, -0.05) is 54.8 Å². The molecule has 2 aromatic rings. The van der Waals surface area contributed by atoms with E-state index in [1.54, 1.807) is 29.2 Å². The average Bonchev–Trinajstić information content (AvgIpc) is 3.27. The number of thioether (sulfide) groups is 1. The topological polar surface area (TPSA) is 70.8 Å². The zero-order chi connectivity index (χ0) is 20.5. The molecule has 2 fully saturated rings. The van der Waals surface area contributed by atoms with Gasteiger partial charge in [0.05, 0.1) is 15.5 Å². The highest BCUT2D eigenvalue weighted by Crippen LogP contribution is 2.38. The van der Waals surface area contributed by atoms with E-state index in [1.807, 2.05) is 0 Å². The number of carboxylic acid groups (broad SMARTS) is 1. The number of halogens is 1. The van der Waals surface area contributed by atoms with Crippen LogP contribution in [0.4, 0.5) is 0 Å². The lowest BCUT2D eigenvalue weighted by Crippen LogP contribution is -2.39. The van der Waals surface area contributed by atoms with Gasteiger partial charge in [-0.15, -0.1) is 0 Å². The Morgan fingerprint density at radius 2 is 2.00 bits per heavy atom. The quantitative estimate of drug-likeness (QED) is 0.469. The van der Waals surface area contributed by atoms with Crippen molar-refractivity contribution in [2.24, 2.45) is 0 Å². The van der Waals surface area contributed by atoms with Crippen LogP contribution >= 0.6 is 35.6 Å². The summed E-state index contributed by atoms with van der Waals surface area (Å²) in [4.78, 5) is 26.5. The lowest BCUT2D eigenvalue weighted by Gasteiger charge is -2.29. The summed E-state index contributed by atoms with van der Waals surface area (Å²) in [5.41, 5.74) is 0.608.